The molecule has 0 saturated carbocycles. The molecule has 0 atom stereocenters. The molecule has 2 aromatic rings. The molecule has 0 aliphatic heterocycles. The first-order valence-corrected chi connectivity index (χ1v) is 8.12. The van der Waals surface area contributed by atoms with Crippen molar-refractivity contribution in [2.24, 2.45) is 0 Å². The van der Waals surface area contributed by atoms with Gasteiger partial charge in [0.15, 0.2) is 0 Å². The number of rotatable bonds is 6. The zero-order valence-electron chi connectivity index (χ0n) is 9.80. The van der Waals surface area contributed by atoms with Gasteiger partial charge in [-0.3, -0.25) is 0 Å². The summed E-state index contributed by atoms with van der Waals surface area (Å²) in [5.74, 6) is 0.213. The maximum atomic E-state index is 11.8. The normalized spacial score (nSPS) is 11.9. The van der Waals surface area contributed by atoms with Crippen molar-refractivity contribution in [3.63, 3.8) is 0 Å². The van der Waals surface area contributed by atoms with Gasteiger partial charge in [0.2, 0.25) is 5.09 Å². The van der Waals surface area contributed by atoms with E-state index in [1.165, 1.54) is 23.5 Å². The number of nitrogens with one attached hydrogen (secondary N) is 1. The maximum Gasteiger partial charge on any atom is 0.273 e. The van der Waals surface area contributed by atoms with Gasteiger partial charge in [-0.25, -0.2) is 13.1 Å². The van der Waals surface area contributed by atoms with E-state index in [2.05, 4.69) is 4.72 Å². The van der Waals surface area contributed by atoms with Gasteiger partial charge in [0.05, 0.1) is 4.34 Å². The fourth-order valence-electron chi connectivity index (χ4n) is 1.45. The van der Waals surface area contributed by atoms with Crippen LogP contribution in [0.25, 0.3) is 0 Å². The van der Waals surface area contributed by atoms with E-state index in [-0.39, 0.29) is 24.0 Å². The first-order chi connectivity index (χ1) is 9.01. The van der Waals surface area contributed by atoms with E-state index in [0.717, 1.165) is 4.88 Å². The van der Waals surface area contributed by atoms with Crippen molar-refractivity contribution in [3.8, 4) is 0 Å². The van der Waals surface area contributed by atoms with Gasteiger partial charge in [-0.1, -0.05) is 11.6 Å². The Hall–Kier alpha value is -0.860. The van der Waals surface area contributed by atoms with E-state index in [1.807, 2.05) is 6.07 Å². The summed E-state index contributed by atoms with van der Waals surface area (Å²) in [6.45, 7) is -0.0719. The Kier molecular flexibility index (Phi) is 4.64. The molecular weight excluding hydrogens is 310 g/mol. The van der Waals surface area contributed by atoms with Gasteiger partial charge >= 0.3 is 0 Å². The molecule has 0 fully saturated rings. The van der Waals surface area contributed by atoms with Crippen molar-refractivity contribution < 1.29 is 17.9 Å². The second kappa shape index (κ2) is 6.06. The molecule has 0 aliphatic carbocycles. The largest absolute Gasteiger partial charge is 0.446 e. The smallest absolute Gasteiger partial charge is 0.273 e. The van der Waals surface area contributed by atoms with Crippen LogP contribution < -0.4 is 4.72 Å². The molecule has 0 aliphatic rings. The Labute approximate surface area is 119 Å². The maximum absolute atomic E-state index is 11.8. The zero-order chi connectivity index (χ0) is 13.9. The predicted octanol–water partition coefficient (Wildman–Crippen LogP) is 2.01. The third kappa shape index (κ3) is 3.80. The average Bonchev–Trinajstić information content (AvgIpc) is 2.98. The summed E-state index contributed by atoms with van der Waals surface area (Å²) in [5.41, 5.74) is 0. The SMILES string of the molecule is O=S(=O)(NCCc1ccc(Cl)s1)c1ccc(CO)o1. The van der Waals surface area contributed by atoms with Crippen molar-refractivity contribution in [2.75, 3.05) is 6.54 Å². The number of hydrogen-bond donors (Lipinski definition) is 2. The first-order valence-electron chi connectivity index (χ1n) is 5.45. The molecule has 0 spiro atoms. The lowest BCUT2D eigenvalue weighted by atomic mass is 10.3. The van der Waals surface area contributed by atoms with E-state index in [0.29, 0.717) is 10.8 Å². The summed E-state index contributed by atoms with van der Waals surface area (Å²) in [5, 5.41) is 8.63. The Bertz CT molecular complexity index is 647. The van der Waals surface area contributed by atoms with Crippen LogP contribution in [0.2, 0.25) is 4.34 Å². The fraction of sp³-hybridized carbons (Fsp3) is 0.273. The molecule has 0 radical (unpaired) electrons. The van der Waals surface area contributed by atoms with Crippen LogP contribution in [0.15, 0.2) is 33.8 Å². The molecule has 5 nitrogen and oxygen atoms in total. The highest BCUT2D eigenvalue weighted by molar-refractivity contribution is 7.89. The molecule has 104 valence electrons. The fourth-order valence-corrected chi connectivity index (χ4v) is 3.52. The second-order valence-corrected chi connectivity index (χ2v) is 7.23. The van der Waals surface area contributed by atoms with Crippen LogP contribution in [0.3, 0.4) is 0 Å². The Morgan fingerprint density at radius 3 is 2.68 bits per heavy atom. The Morgan fingerprint density at radius 1 is 1.32 bits per heavy atom. The molecule has 0 unspecified atom stereocenters. The van der Waals surface area contributed by atoms with Gasteiger partial charge in [-0.2, -0.15) is 0 Å². The highest BCUT2D eigenvalue weighted by Crippen LogP contribution is 2.21. The van der Waals surface area contributed by atoms with Gasteiger partial charge in [-0.05, 0) is 30.7 Å². The first kappa shape index (κ1) is 14.5. The van der Waals surface area contributed by atoms with Gasteiger partial charge in [0, 0.05) is 11.4 Å². The molecule has 0 aromatic carbocycles. The van der Waals surface area contributed by atoms with Gasteiger partial charge in [0.1, 0.15) is 12.4 Å². The lowest BCUT2D eigenvalue weighted by Gasteiger charge is -2.02. The monoisotopic (exact) mass is 321 g/mol. The Balaban J connectivity index is 1.94. The number of aliphatic hydroxyl groups is 1. The minimum atomic E-state index is -3.67. The third-order valence-corrected chi connectivity index (χ3v) is 4.97. The van der Waals surface area contributed by atoms with Crippen LogP contribution in [0, 0.1) is 0 Å². The summed E-state index contributed by atoms with van der Waals surface area (Å²) in [6, 6.07) is 6.37. The molecule has 0 saturated heterocycles. The lowest BCUT2D eigenvalue weighted by molar-refractivity contribution is 0.236. The number of halogens is 1. The minimum absolute atomic E-state index is 0.194. The van der Waals surface area contributed by atoms with Crippen molar-refractivity contribution in [3.05, 3.63) is 39.2 Å². The van der Waals surface area contributed by atoms with Crippen molar-refractivity contribution in [2.45, 2.75) is 18.1 Å². The van der Waals surface area contributed by atoms with E-state index in [9.17, 15) is 8.42 Å². The summed E-state index contributed by atoms with van der Waals surface area (Å²) in [7, 11) is -3.67. The molecular formula is C11H12ClNO4S2. The number of thiophene rings is 1. The van der Waals surface area contributed by atoms with Crippen LogP contribution in [0.1, 0.15) is 10.6 Å². The lowest BCUT2D eigenvalue weighted by Crippen LogP contribution is -2.25. The average molecular weight is 322 g/mol. The standard InChI is InChI=1S/C11H12ClNO4S2/c12-10-3-2-9(18-10)5-6-13-19(15,16)11-4-1-8(7-14)17-11/h1-4,13-14H,5-7H2. The molecule has 2 aromatic heterocycles. The van der Waals surface area contributed by atoms with E-state index >= 15 is 0 Å². The van der Waals surface area contributed by atoms with Crippen LogP contribution in [0.5, 0.6) is 0 Å². The predicted molar refractivity (Wildman–Crippen MR) is 72.9 cm³/mol. The van der Waals surface area contributed by atoms with Crippen molar-refractivity contribution in [1.29, 1.82) is 0 Å². The van der Waals surface area contributed by atoms with E-state index in [4.69, 9.17) is 21.1 Å². The van der Waals surface area contributed by atoms with Gasteiger partial charge in [-0.15, -0.1) is 11.3 Å². The highest BCUT2D eigenvalue weighted by Gasteiger charge is 2.18. The molecule has 0 amide bonds. The van der Waals surface area contributed by atoms with E-state index in [1.54, 1.807) is 6.07 Å². The molecule has 2 heterocycles. The topological polar surface area (TPSA) is 79.5 Å². The van der Waals surface area contributed by atoms with E-state index < -0.39 is 10.0 Å². The summed E-state index contributed by atoms with van der Waals surface area (Å²) >= 11 is 7.20. The van der Waals surface area contributed by atoms with Crippen LogP contribution in [-0.2, 0) is 23.1 Å². The number of sulfonamides is 1. The molecule has 2 rings (SSSR count). The third-order valence-electron chi connectivity index (χ3n) is 2.35. The Morgan fingerprint density at radius 2 is 2.11 bits per heavy atom. The van der Waals surface area contributed by atoms with Crippen LogP contribution >= 0.6 is 22.9 Å². The van der Waals surface area contributed by atoms with Crippen molar-refractivity contribution in [1.82, 2.24) is 4.72 Å². The highest BCUT2D eigenvalue weighted by atomic mass is 35.5. The number of aliphatic hydroxyl groups excluding tert-OH is 1. The quantitative estimate of drug-likeness (QED) is 0.853. The minimum Gasteiger partial charge on any atom is -0.446 e. The zero-order valence-corrected chi connectivity index (χ0v) is 12.2. The van der Waals surface area contributed by atoms with Gasteiger partial charge in [0.25, 0.3) is 10.0 Å². The number of hydrogen-bond acceptors (Lipinski definition) is 5. The molecule has 8 heteroatoms. The second-order valence-electron chi connectivity index (χ2n) is 3.73. The molecule has 0 bridgehead atoms. The number of furan rings is 1. The summed E-state index contributed by atoms with van der Waals surface area (Å²) in [6.07, 6.45) is 0.560. The molecule has 19 heavy (non-hydrogen) atoms. The summed E-state index contributed by atoms with van der Waals surface area (Å²) in [4.78, 5) is 1.00. The van der Waals surface area contributed by atoms with Crippen molar-refractivity contribution >= 4 is 33.0 Å². The van der Waals surface area contributed by atoms with Gasteiger partial charge < -0.3 is 9.52 Å². The summed E-state index contributed by atoms with van der Waals surface area (Å²) < 4.78 is 31.8. The van der Waals surface area contributed by atoms with Crippen LogP contribution in [0.4, 0.5) is 0 Å². The van der Waals surface area contributed by atoms with Crippen LogP contribution in [-0.4, -0.2) is 20.1 Å². The molecule has 2 N–H and O–H groups in total.